The number of primary amides is 1. The van der Waals surface area contributed by atoms with Gasteiger partial charge in [0.15, 0.2) is 6.10 Å². The number of nitrogens with zero attached hydrogens (tertiary/aromatic N) is 1. The van der Waals surface area contributed by atoms with E-state index in [0.29, 0.717) is 25.5 Å². The Kier molecular flexibility index (Phi) is 4.89. The Labute approximate surface area is 101 Å². The van der Waals surface area contributed by atoms with E-state index in [4.69, 9.17) is 16.2 Å². The minimum Gasteiger partial charge on any atom is -0.367 e. The molecule has 1 aliphatic rings. The first-order chi connectivity index (χ1) is 7.91. The maximum absolute atomic E-state index is 12.0. The molecule has 0 bridgehead atoms. The fourth-order valence-electron chi connectivity index (χ4n) is 1.86. The van der Waals surface area contributed by atoms with Gasteiger partial charge >= 0.3 is 0 Å². The molecule has 1 heterocycles. The summed E-state index contributed by atoms with van der Waals surface area (Å²) in [6.07, 6.45) is -0.0730. The molecule has 4 N–H and O–H groups in total. The Morgan fingerprint density at radius 2 is 2.12 bits per heavy atom. The normalized spacial score (nSPS) is 22.6. The Morgan fingerprint density at radius 1 is 1.47 bits per heavy atom. The number of carbonyl (C=O) groups excluding carboxylic acids is 2. The molecule has 98 valence electrons. The first-order valence-corrected chi connectivity index (χ1v) is 5.87. The standard InChI is InChI=1S/C11H21N3O3/c1-7(2)5-8(12)11(16)14-3-4-17-9(6-14)10(13)15/h7-9H,3-6,12H2,1-2H3,(H2,13,15)/t8-,9-/m0/s1. The van der Waals surface area contributed by atoms with Crippen LogP contribution in [0.4, 0.5) is 0 Å². The molecule has 0 saturated carbocycles. The largest absolute Gasteiger partial charge is 0.367 e. The average molecular weight is 243 g/mol. The summed E-state index contributed by atoms with van der Waals surface area (Å²) in [4.78, 5) is 24.6. The van der Waals surface area contributed by atoms with Crippen molar-refractivity contribution >= 4 is 11.8 Å². The minimum atomic E-state index is -0.709. The Bertz CT molecular complexity index is 294. The van der Waals surface area contributed by atoms with Crippen molar-refractivity contribution in [2.24, 2.45) is 17.4 Å². The molecule has 0 unspecified atom stereocenters. The molecule has 0 aromatic carbocycles. The molecule has 6 nitrogen and oxygen atoms in total. The molecule has 2 atom stereocenters. The topological polar surface area (TPSA) is 98.7 Å². The SMILES string of the molecule is CC(C)C[C@H](N)C(=O)N1CCO[C@H](C(N)=O)C1. The number of hydrogen-bond donors (Lipinski definition) is 2. The van der Waals surface area contributed by atoms with Crippen LogP contribution in [0.3, 0.4) is 0 Å². The van der Waals surface area contributed by atoms with Gasteiger partial charge < -0.3 is 21.1 Å². The van der Waals surface area contributed by atoms with Gasteiger partial charge in [-0.15, -0.1) is 0 Å². The van der Waals surface area contributed by atoms with Gasteiger partial charge in [0.1, 0.15) is 0 Å². The van der Waals surface area contributed by atoms with E-state index in [1.807, 2.05) is 13.8 Å². The Morgan fingerprint density at radius 3 is 2.65 bits per heavy atom. The highest BCUT2D eigenvalue weighted by Gasteiger charge is 2.30. The predicted molar refractivity (Wildman–Crippen MR) is 62.9 cm³/mol. The number of rotatable bonds is 4. The van der Waals surface area contributed by atoms with Crippen LogP contribution >= 0.6 is 0 Å². The first kappa shape index (κ1) is 13.9. The highest BCUT2D eigenvalue weighted by molar-refractivity contribution is 5.84. The molecule has 0 radical (unpaired) electrons. The summed E-state index contributed by atoms with van der Waals surface area (Å²) in [6, 6.07) is -0.512. The summed E-state index contributed by atoms with van der Waals surface area (Å²) in [5.41, 5.74) is 11.0. The lowest BCUT2D eigenvalue weighted by atomic mass is 10.0. The van der Waals surface area contributed by atoms with Crippen LogP contribution in [0.15, 0.2) is 0 Å². The van der Waals surface area contributed by atoms with Crippen LogP contribution in [0.5, 0.6) is 0 Å². The van der Waals surface area contributed by atoms with Crippen molar-refractivity contribution in [2.45, 2.75) is 32.4 Å². The van der Waals surface area contributed by atoms with Crippen molar-refractivity contribution < 1.29 is 14.3 Å². The zero-order valence-corrected chi connectivity index (χ0v) is 10.4. The number of hydrogen-bond acceptors (Lipinski definition) is 4. The average Bonchev–Trinajstić information content (AvgIpc) is 2.27. The fourth-order valence-corrected chi connectivity index (χ4v) is 1.86. The van der Waals surface area contributed by atoms with Gasteiger partial charge in [-0.05, 0) is 12.3 Å². The summed E-state index contributed by atoms with van der Waals surface area (Å²) in [7, 11) is 0. The molecule has 1 aliphatic heterocycles. The van der Waals surface area contributed by atoms with Gasteiger partial charge in [0.05, 0.1) is 19.2 Å². The second-order valence-electron chi connectivity index (χ2n) is 4.78. The highest BCUT2D eigenvalue weighted by Crippen LogP contribution is 2.10. The van der Waals surface area contributed by atoms with Gasteiger partial charge in [-0.2, -0.15) is 0 Å². The van der Waals surface area contributed by atoms with E-state index in [-0.39, 0.29) is 12.5 Å². The molecule has 0 aromatic heterocycles. The molecular weight excluding hydrogens is 222 g/mol. The molecular formula is C11H21N3O3. The van der Waals surface area contributed by atoms with Crippen LogP contribution in [0.2, 0.25) is 0 Å². The van der Waals surface area contributed by atoms with Crippen molar-refractivity contribution in [1.82, 2.24) is 4.90 Å². The lowest BCUT2D eigenvalue weighted by Gasteiger charge is -2.33. The van der Waals surface area contributed by atoms with Gasteiger partial charge in [-0.25, -0.2) is 0 Å². The highest BCUT2D eigenvalue weighted by atomic mass is 16.5. The smallest absolute Gasteiger partial charge is 0.248 e. The van der Waals surface area contributed by atoms with E-state index in [0.717, 1.165) is 0 Å². The zero-order valence-electron chi connectivity index (χ0n) is 10.4. The van der Waals surface area contributed by atoms with Gasteiger partial charge in [-0.3, -0.25) is 9.59 Å². The molecule has 17 heavy (non-hydrogen) atoms. The molecule has 1 rings (SSSR count). The van der Waals surface area contributed by atoms with Crippen molar-refractivity contribution in [3.05, 3.63) is 0 Å². The Balaban J connectivity index is 2.54. The van der Waals surface area contributed by atoms with Gasteiger partial charge in [0.2, 0.25) is 11.8 Å². The third-order valence-electron chi connectivity index (χ3n) is 2.74. The number of morpholine rings is 1. The fraction of sp³-hybridized carbons (Fsp3) is 0.818. The zero-order chi connectivity index (χ0) is 13.0. The summed E-state index contributed by atoms with van der Waals surface area (Å²) in [6.45, 7) is 5.03. The lowest BCUT2D eigenvalue weighted by Crippen LogP contribution is -2.54. The van der Waals surface area contributed by atoms with Crippen molar-refractivity contribution in [3.63, 3.8) is 0 Å². The summed E-state index contributed by atoms with van der Waals surface area (Å²) >= 11 is 0. The van der Waals surface area contributed by atoms with Gasteiger partial charge in [0, 0.05) is 6.54 Å². The van der Waals surface area contributed by atoms with Crippen molar-refractivity contribution in [2.75, 3.05) is 19.7 Å². The Hall–Kier alpha value is -1.14. The van der Waals surface area contributed by atoms with Crippen LogP contribution in [0.1, 0.15) is 20.3 Å². The van der Waals surface area contributed by atoms with Crippen LogP contribution in [-0.4, -0.2) is 48.6 Å². The van der Waals surface area contributed by atoms with Crippen LogP contribution in [-0.2, 0) is 14.3 Å². The van der Waals surface area contributed by atoms with Crippen LogP contribution in [0.25, 0.3) is 0 Å². The first-order valence-electron chi connectivity index (χ1n) is 5.87. The predicted octanol–water partition coefficient (Wildman–Crippen LogP) is -0.927. The van der Waals surface area contributed by atoms with E-state index in [1.165, 1.54) is 0 Å². The number of nitrogens with two attached hydrogens (primary N) is 2. The molecule has 0 spiro atoms. The van der Waals surface area contributed by atoms with E-state index in [1.54, 1.807) is 4.90 Å². The summed E-state index contributed by atoms with van der Waals surface area (Å²) in [5.74, 6) is -0.310. The minimum absolute atomic E-state index is 0.131. The van der Waals surface area contributed by atoms with Crippen LogP contribution in [0, 0.1) is 5.92 Å². The van der Waals surface area contributed by atoms with E-state index in [9.17, 15) is 9.59 Å². The third kappa shape index (κ3) is 3.98. The lowest BCUT2D eigenvalue weighted by molar-refractivity contribution is -0.146. The molecule has 1 fully saturated rings. The quantitative estimate of drug-likeness (QED) is 0.666. The number of ether oxygens (including phenoxy) is 1. The molecule has 0 aliphatic carbocycles. The third-order valence-corrected chi connectivity index (χ3v) is 2.74. The van der Waals surface area contributed by atoms with Crippen molar-refractivity contribution in [3.8, 4) is 0 Å². The second-order valence-corrected chi connectivity index (χ2v) is 4.78. The van der Waals surface area contributed by atoms with E-state index < -0.39 is 18.1 Å². The molecule has 1 saturated heterocycles. The number of carbonyl (C=O) groups is 2. The van der Waals surface area contributed by atoms with E-state index in [2.05, 4.69) is 0 Å². The maximum Gasteiger partial charge on any atom is 0.248 e. The molecule has 2 amide bonds. The van der Waals surface area contributed by atoms with Gasteiger partial charge in [0.25, 0.3) is 0 Å². The maximum atomic E-state index is 12.0. The molecule has 6 heteroatoms. The summed E-state index contributed by atoms with van der Waals surface area (Å²) in [5, 5.41) is 0. The van der Waals surface area contributed by atoms with E-state index >= 15 is 0 Å². The summed E-state index contributed by atoms with van der Waals surface area (Å²) < 4.78 is 5.17. The number of amides is 2. The second kappa shape index (κ2) is 5.97. The monoisotopic (exact) mass is 243 g/mol. The van der Waals surface area contributed by atoms with Crippen LogP contribution < -0.4 is 11.5 Å². The molecule has 0 aromatic rings. The van der Waals surface area contributed by atoms with Gasteiger partial charge in [-0.1, -0.05) is 13.8 Å². The van der Waals surface area contributed by atoms with Crippen molar-refractivity contribution in [1.29, 1.82) is 0 Å².